The summed E-state index contributed by atoms with van der Waals surface area (Å²) in [4.78, 5) is 30.0. The number of esters is 2. The molecule has 3 atom stereocenters. The van der Waals surface area contributed by atoms with E-state index in [1.165, 1.54) is 7.11 Å². The van der Waals surface area contributed by atoms with Gasteiger partial charge in [-0.1, -0.05) is 30.3 Å². The van der Waals surface area contributed by atoms with Crippen molar-refractivity contribution in [1.82, 2.24) is 5.06 Å². The topological polar surface area (TPSA) is 65.1 Å². The molecule has 0 bridgehead atoms. The standard InChI is InChI=1S/C18H23NO5/c1-18(17(21)22-2)11-15-10-14(8-9-19(15)24-18)16(20)23-12-13-6-4-3-5-7-13/h3-7,14-15H,8-12H2,1-2H3/t14-,15-,18-/m1/s1. The summed E-state index contributed by atoms with van der Waals surface area (Å²) in [6.45, 7) is 2.64. The molecule has 0 aliphatic carbocycles. The summed E-state index contributed by atoms with van der Waals surface area (Å²) in [5.41, 5.74) is 0.0214. The van der Waals surface area contributed by atoms with Gasteiger partial charge in [0.25, 0.3) is 0 Å². The van der Waals surface area contributed by atoms with Crippen molar-refractivity contribution in [2.45, 2.75) is 44.4 Å². The Balaban J connectivity index is 1.55. The van der Waals surface area contributed by atoms with Crippen molar-refractivity contribution in [3.8, 4) is 0 Å². The number of methoxy groups -OCH3 is 1. The van der Waals surface area contributed by atoms with Gasteiger partial charge in [-0.2, -0.15) is 5.06 Å². The van der Waals surface area contributed by atoms with Crippen LogP contribution in [0, 0.1) is 5.92 Å². The molecule has 6 nitrogen and oxygen atoms in total. The van der Waals surface area contributed by atoms with E-state index in [9.17, 15) is 9.59 Å². The highest BCUT2D eigenvalue weighted by atomic mass is 16.7. The summed E-state index contributed by atoms with van der Waals surface area (Å²) in [6, 6.07) is 9.68. The summed E-state index contributed by atoms with van der Waals surface area (Å²) in [7, 11) is 1.36. The van der Waals surface area contributed by atoms with E-state index in [-0.39, 0.29) is 23.9 Å². The minimum Gasteiger partial charge on any atom is -0.467 e. The van der Waals surface area contributed by atoms with Crippen LogP contribution in [0.4, 0.5) is 0 Å². The fraction of sp³-hybridized carbons (Fsp3) is 0.556. The molecule has 2 fully saturated rings. The third-order valence-corrected chi connectivity index (χ3v) is 4.78. The average Bonchev–Trinajstić information content (AvgIpc) is 2.96. The van der Waals surface area contributed by atoms with Crippen LogP contribution in [-0.2, 0) is 30.5 Å². The average molecular weight is 333 g/mol. The van der Waals surface area contributed by atoms with Crippen LogP contribution in [0.1, 0.15) is 31.7 Å². The normalized spacial score (nSPS) is 29.8. The molecule has 2 saturated heterocycles. The summed E-state index contributed by atoms with van der Waals surface area (Å²) < 4.78 is 10.3. The molecule has 2 aliphatic heterocycles. The third kappa shape index (κ3) is 3.44. The largest absolute Gasteiger partial charge is 0.467 e. The molecule has 2 aliphatic rings. The van der Waals surface area contributed by atoms with Crippen molar-refractivity contribution >= 4 is 11.9 Å². The molecular weight excluding hydrogens is 310 g/mol. The zero-order valence-electron chi connectivity index (χ0n) is 14.1. The van der Waals surface area contributed by atoms with Crippen molar-refractivity contribution in [3.63, 3.8) is 0 Å². The van der Waals surface area contributed by atoms with Crippen molar-refractivity contribution < 1.29 is 23.9 Å². The second-order valence-corrected chi connectivity index (χ2v) is 6.63. The highest BCUT2D eigenvalue weighted by Gasteiger charge is 2.51. The van der Waals surface area contributed by atoms with Crippen LogP contribution in [0.5, 0.6) is 0 Å². The van der Waals surface area contributed by atoms with Gasteiger partial charge in [0, 0.05) is 19.0 Å². The molecule has 0 unspecified atom stereocenters. The SMILES string of the molecule is COC(=O)[C@@]1(C)C[C@H]2C[C@H](C(=O)OCc3ccccc3)CCN2O1. The minimum atomic E-state index is -0.956. The Morgan fingerprint density at radius 3 is 2.79 bits per heavy atom. The minimum absolute atomic E-state index is 0.0390. The number of hydrogen-bond donors (Lipinski definition) is 0. The maximum Gasteiger partial charge on any atom is 0.340 e. The molecule has 0 spiro atoms. The fourth-order valence-corrected chi connectivity index (χ4v) is 3.48. The van der Waals surface area contributed by atoms with E-state index in [0.717, 1.165) is 5.56 Å². The maximum absolute atomic E-state index is 12.3. The number of benzene rings is 1. The number of piperidine rings is 1. The monoisotopic (exact) mass is 333 g/mol. The second-order valence-electron chi connectivity index (χ2n) is 6.63. The van der Waals surface area contributed by atoms with E-state index < -0.39 is 5.60 Å². The third-order valence-electron chi connectivity index (χ3n) is 4.78. The number of ether oxygens (including phenoxy) is 2. The van der Waals surface area contributed by atoms with Crippen molar-refractivity contribution in [2.24, 2.45) is 5.92 Å². The van der Waals surface area contributed by atoms with Crippen LogP contribution >= 0.6 is 0 Å². The van der Waals surface area contributed by atoms with Gasteiger partial charge in [0.2, 0.25) is 0 Å². The van der Waals surface area contributed by atoms with Gasteiger partial charge in [-0.15, -0.1) is 0 Å². The lowest BCUT2D eigenvalue weighted by Gasteiger charge is -2.31. The van der Waals surface area contributed by atoms with E-state index >= 15 is 0 Å². The number of hydroxylamine groups is 2. The molecule has 0 amide bonds. The maximum atomic E-state index is 12.3. The van der Waals surface area contributed by atoms with Crippen molar-refractivity contribution in [3.05, 3.63) is 35.9 Å². The first kappa shape index (κ1) is 16.9. The first-order valence-corrected chi connectivity index (χ1v) is 8.26. The molecule has 6 heteroatoms. The van der Waals surface area contributed by atoms with Gasteiger partial charge in [-0.25, -0.2) is 4.79 Å². The summed E-state index contributed by atoms with van der Waals surface area (Å²) in [5.74, 6) is -0.705. The van der Waals surface area contributed by atoms with Crippen LogP contribution in [0.3, 0.4) is 0 Å². The lowest BCUT2D eigenvalue weighted by molar-refractivity contribution is -0.222. The Morgan fingerprint density at radius 2 is 2.08 bits per heavy atom. The quantitative estimate of drug-likeness (QED) is 0.786. The van der Waals surface area contributed by atoms with Gasteiger partial charge < -0.3 is 9.47 Å². The number of hydrogen-bond acceptors (Lipinski definition) is 6. The number of rotatable bonds is 4. The molecule has 24 heavy (non-hydrogen) atoms. The van der Waals surface area contributed by atoms with Gasteiger partial charge in [-0.3, -0.25) is 9.63 Å². The Labute approximate surface area is 141 Å². The van der Waals surface area contributed by atoms with Crippen molar-refractivity contribution in [1.29, 1.82) is 0 Å². The number of carbonyl (C=O) groups is 2. The molecule has 3 rings (SSSR count). The van der Waals surface area contributed by atoms with E-state index in [1.807, 2.05) is 35.4 Å². The highest BCUT2D eigenvalue weighted by molar-refractivity contribution is 5.79. The second kappa shape index (κ2) is 6.91. The number of fused-ring (bicyclic) bond motifs is 1. The van der Waals surface area contributed by atoms with Crippen molar-refractivity contribution in [2.75, 3.05) is 13.7 Å². The van der Waals surface area contributed by atoms with Crippen LogP contribution < -0.4 is 0 Å². The van der Waals surface area contributed by atoms with E-state index in [1.54, 1.807) is 6.92 Å². The van der Waals surface area contributed by atoms with Crippen LogP contribution in [-0.4, -0.2) is 42.3 Å². The van der Waals surface area contributed by atoms with E-state index in [4.69, 9.17) is 14.3 Å². The van der Waals surface area contributed by atoms with E-state index in [2.05, 4.69) is 0 Å². The lowest BCUT2D eigenvalue weighted by Crippen LogP contribution is -2.40. The fourth-order valence-electron chi connectivity index (χ4n) is 3.48. The molecule has 1 aromatic carbocycles. The molecule has 0 aromatic heterocycles. The molecule has 0 saturated carbocycles. The van der Waals surface area contributed by atoms with Gasteiger partial charge in [0.05, 0.1) is 13.0 Å². The molecule has 0 radical (unpaired) electrons. The first-order valence-electron chi connectivity index (χ1n) is 8.26. The van der Waals surface area contributed by atoms with Gasteiger partial charge >= 0.3 is 11.9 Å². The Hall–Kier alpha value is -1.92. The van der Waals surface area contributed by atoms with Crippen LogP contribution in [0.15, 0.2) is 30.3 Å². The van der Waals surface area contributed by atoms with Crippen LogP contribution in [0.2, 0.25) is 0 Å². The zero-order valence-corrected chi connectivity index (χ0v) is 14.1. The number of nitrogens with zero attached hydrogens (tertiary/aromatic N) is 1. The first-order chi connectivity index (χ1) is 11.5. The highest BCUT2D eigenvalue weighted by Crippen LogP contribution is 2.38. The summed E-state index contributed by atoms with van der Waals surface area (Å²) in [5, 5.41) is 1.82. The molecule has 1 aromatic rings. The van der Waals surface area contributed by atoms with Crippen LogP contribution in [0.25, 0.3) is 0 Å². The van der Waals surface area contributed by atoms with Gasteiger partial charge in [-0.05, 0) is 25.3 Å². The predicted molar refractivity (Wildman–Crippen MR) is 85.6 cm³/mol. The Bertz CT molecular complexity index is 605. The molecule has 0 N–H and O–H groups in total. The lowest BCUT2D eigenvalue weighted by atomic mass is 9.87. The Morgan fingerprint density at radius 1 is 1.33 bits per heavy atom. The molecular formula is C18H23NO5. The summed E-state index contributed by atoms with van der Waals surface area (Å²) >= 11 is 0. The predicted octanol–water partition coefficient (Wildman–Crippen LogP) is 2.08. The van der Waals surface area contributed by atoms with Gasteiger partial charge in [0.15, 0.2) is 5.60 Å². The van der Waals surface area contributed by atoms with E-state index in [0.29, 0.717) is 32.4 Å². The molecule has 2 heterocycles. The Kier molecular flexibility index (Phi) is 4.87. The zero-order chi connectivity index (χ0) is 17.2. The molecule has 130 valence electrons. The number of carbonyl (C=O) groups excluding carboxylic acids is 2. The smallest absolute Gasteiger partial charge is 0.340 e. The van der Waals surface area contributed by atoms with Gasteiger partial charge in [0.1, 0.15) is 6.61 Å². The summed E-state index contributed by atoms with van der Waals surface area (Å²) in [6.07, 6.45) is 1.84.